The number of hydrazone groups is 1. The second kappa shape index (κ2) is 12.4. The third-order valence-electron chi connectivity index (χ3n) is 6.39. The zero-order valence-electron chi connectivity index (χ0n) is 22.0. The Labute approximate surface area is 245 Å². The fourth-order valence-electron chi connectivity index (χ4n) is 4.37. The lowest BCUT2D eigenvalue weighted by molar-refractivity contribution is -0.384. The van der Waals surface area contributed by atoms with E-state index < -0.39 is 4.92 Å². The summed E-state index contributed by atoms with van der Waals surface area (Å²) in [6.07, 6.45) is 1.50. The van der Waals surface area contributed by atoms with Crippen LogP contribution in [0.3, 0.4) is 0 Å². The molecular formula is C32H25BrN4O4. The number of nitrogens with zero attached hydrogens (tertiary/aromatic N) is 3. The normalized spacial score (nSPS) is 11.0. The summed E-state index contributed by atoms with van der Waals surface area (Å²) in [7, 11) is 0. The van der Waals surface area contributed by atoms with Crippen LogP contribution >= 0.6 is 15.9 Å². The van der Waals surface area contributed by atoms with Crippen LogP contribution in [0.5, 0.6) is 5.75 Å². The molecule has 0 saturated heterocycles. The van der Waals surface area contributed by atoms with Crippen molar-refractivity contribution in [3.63, 3.8) is 0 Å². The number of hydrogen-bond donors (Lipinski definition) is 1. The maximum Gasteiger partial charge on any atom is 0.271 e. The smallest absolute Gasteiger partial charge is 0.271 e. The van der Waals surface area contributed by atoms with Gasteiger partial charge in [-0.2, -0.15) is 5.10 Å². The Bertz CT molecular complexity index is 1730. The van der Waals surface area contributed by atoms with Gasteiger partial charge in [-0.25, -0.2) is 5.43 Å². The molecule has 204 valence electrons. The highest BCUT2D eigenvalue weighted by molar-refractivity contribution is 9.10. The number of non-ortho nitro benzene ring substituents is 1. The van der Waals surface area contributed by atoms with Crippen molar-refractivity contribution in [3.05, 3.63) is 146 Å². The van der Waals surface area contributed by atoms with Gasteiger partial charge in [0.05, 0.1) is 16.8 Å². The van der Waals surface area contributed by atoms with Gasteiger partial charge in [0.1, 0.15) is 12.4 Å². The van der Waals surface area contributed by atoms with Crippen LogP contribution in [0.4, 0.5) is 5.69 Å². The van der Waals surface area contributed by atoms with Crippen molar-refractivity contribution in [3.8, 4) is 22.7 Å². The van der Waals surface area contributed by atoms with Crippen LogP contribution in [0.25, 0.3) is 16.9 Å². The number of ether oxygens (including phenoxy) is 1. The van der Waals surface area contributed by atoms with Crippen LogP contribution in [-0.4, -0.2) is 21.6 Å². The largest absolute Gasteiger partial charge is 0.488 e. The van der Waals surface area contributed by atoms with E-state index >= 15 is 0 Å². The van der Waals surface area contributed by atoms with E-state index in [-0.39, 0.29) is 18.2 Å². The zero-order valence-corrected chi connectivity index (χ0v) is 23.6. The first-order chi connectivity index (χ1) is 19.9. The lowest BCUT2D eigenvalue weighted by atomic mass is 10.1. The molecule has 4 aromatic carbocycles. The van der Waals surface area contributed by atoms with Crippen molar-refractivity contribution in [2.75, 3.05) is 0 Å². The summed E-state index contributed by atoms with van der Waals surface area (Å²) in [6.45, 7) is 2.18. The van der Waals surface area contributed by atoms with Crippen molar-refractivity contribution in [1.82, 2.24) is 9.99 Å². The lowest BCUT2D eigenvalue weighted by Crippen LogP contribution is -2.17. The maximum atomic E-state index is 12.8. The van der Waals surface area contributed by atoms with Gasteiger partial charge in [0.15, 0.2) is 0 Å². The Hall–Kier alpha value is -5.02. The molecule has 0 unspecified atom stereocenters. The number of amides is 1. The Balaban J connectivity index is 1.26. The topological polar surface area (TPSA) is 98.8 Å². The number of nitrogens with one attached hydrogen (secondary N) is 1. The Morgan fingerprint density at radius 1 is 0.976 bits per heavy atom. The highest BCUT2D eigenvalue weighted by Gasteiger charge is 2.12. The molecule has 0 bridgehead atoms. The fourth-order valence-corrected chi connectivity index (χ4v) is 4.75. The molecule has 8 nitrogen and oxygen atoms in total. The van der Waals surface area contributed by atoms with Crippen molar-refractivity contribution in [1.29, 1.82) is 0 Å². The number of nitro benzene ring substituents is 1. The average molecular weight is 609 g/mol. The van der Waals surface area contributed by atoms with Crippen LogP contribution < -0.4 is 10.2 Å². The highest BCUT2D eigenvalue weighted by Crippen LogP contribution is 2.27. The molecule has 1 N–H and O–H groups in total. The fraction of sp³-hybridized carbons (Fsp3) is 0.0625. The number of hydrogen-bond acceptors (Lipinski definition) is 5. The maximum absolute atomic E-state index is 12.8. The molecule has 0 saturated carbocycles. The number of rotatable bonds is 9. The summed E-state index contributed by atoms with van der Waals surface area (Å²) in [4.78, 5) is 23.4. The number of nitro groups is 1. The van der Waals surface area contributed by atoms with Crippen LogP contribution in [0, 0.1) is 17.0 Å². The van der Waals surface area contributed by atoms with Crippen molar-refractivity contribution in [2.24, 2.45) is 5.10 Å². The standard InChI is InChI=1S/C32H25BrN4O4/c1-22-10-16-30(24-7-3-2-4-8-24)36(22)28-14-11-25(12-15-28)32(38)35-34-20-26-19-27(33)13-17-31(26)41-21-23-6-5-9-29(18-23)37(39)40/h2-20H,21H2,1H3,(H,35,38)/b34-20+. The molecule has 5 aromatic rings. The van der Waals surface area contributed by atoms with Crippen molar-refractivity contribution < 1.29 is 14.5 Å². The van der Waals surface area contributed by atoms with E-state index in [1.165, 1.54) is 18.3 Å². The first-order valence-corrected chi connectivity index (χ1v) is 13.5. The minimum Gasteiger partial charge on any atom is -0.488 e. The quantitative estimate of drug-likeness (QED) is 0.107. The molecule has 0 aliphatic carbocycles. The second-order valence-corrected chi connectivity index (χ2v) is 10.1. The van der Waals surface area contributed by atoms with Crippen LogP contribution in [-0.2, 0) is 6.61 Å². The van der Waals surface area contributed by atoms with Gasteiger partial charge in [0.25, 0.3) is 11.6 Å². The number of aromatic nitrogens is 1. The summed E-state index contributed by atoms with van der Waals surface area (Å²) in [6, 6.07) is 33.3. The molecule has 0 aliphatic rings. The molecule has 41 heavy (non-hydrogen) atoms. The molecule has 0 fully saturated rings. The number of carbonyl (C=O) groups excluding carboxylic acids is 1. The van der Waals surface area contributed by atoms with Gasteiger partial charge in [-0.1, -0.05) is 58.4 Å². The predicted octanol–water partition coefficient (Wildman–Crippen LogP) is 7.47. The summed E-state index contributed by atoms with van der Waals surface area (Å²) in [5, 5.41) is 15.2. The lowest BCUT2D eigenvalue weighted by Gasteiger charge is -2.13. The SMILES string of the molecule is Cc1ccc(-c2ccccc2)n1-c1ccc(C(=O)N/N=C/c2cc(Br)ccc2OCc2cccc([N+](=O)[O-])c2)cc1. The van der Waals surface area contributed by atoms with E-state index in [0.29, 0.717) is 22.4 Å². The van der Waals surface area contributed by atoms with Crippen molar-refractivity contribution >= 4 is 33.7 Å². The Morgan fingerprint density at radius 3 is 2.51 bits per heavy atom. The number of benzene rings is 4. The molecular weight excluding hydrogens is 584 g/mol. The highest BCUT2D eigenvalue weighted by atomic mass is 79.9. The van der Waals surface area contributed by atoms with Crippen LogP contribution in [0.1, 0.15) is 27.2 Å². The van der Waals surface area contributed by atoms with Gasteiger partial charge in [-0.05, 0) is 72.6 Å². The van der Waals surface area contributed by atoms with Gasteiger partial charge in [0, 0.05) is 39.1 Å². The summed E-state index contributed by atoms with van der Waals surface area (Å²) >= 11 is 3.44. The molecule has 0 spiro atoms. The number of carbonyl (C=O) groups is 1. The monoisotopic (exact) mass is 608 g/mol. The molecule has 0 radical (unpaired) electrons. The van der Waals surface area contributed by atoms with Gasteiger partial charge in [-0.15, -0.1) is 0 Å². The summed E-state index contributed by atoms with van der Waals surface area (Å²) in [5.41, 5.74) is 8.53. The van der Waals surface area contributed by atoms with E-state index in [9.17, 15) is 14.9 Å². The molecule has 1 heterocycles. The van der Waals surface area contributed by atoms with Crippen molar-refractivity contribution in [2.45, 2.75) is 13.5 Å². The number of aryl methyl sites for hydroxylation is 1. The Kier molecular flexibility index (Phi) is 8.36. The van der Waals surface area contributed by atoms with Crippen LogP contribution in [0.2, 0.25) is 0 Å². The molecule has 0 aliphatic heterocycles. The minimum atomic E-state index is -0.444. The van der Waals surface area contributed by atoms with Gasteiger partial charge < -0.3 is 9.30 Å². The predicted molar refractivity (Wildman–Crippen MR) is 163 cm³/mol. The van der Waals surface area contributed by atoms with E-state index in [2.05, 4.69) is 55.3 Å². The van der Waals surface area contributed by atoms with Crippen LogP contribution in [0.15, 0.2) is 119 Å². The molecule has 1 amide bonds. The zero-order chi connectivity index (χ0) is 28.8. The second-order valence-electron chi connectivity index (χ2n) is 9.21. The molecule has 0 atom stereocenters. The summed E-state index contributed by atoms with van der Waals surface area (Å²) < 4.78 is 8.86. The first-order valence-electron chi connectivity index (χ1n) is 12.7. The van der Waals surface area contributed by atoms with Gasteiger partial charge >= 0.3 is 0 Å². The van der Waals surface area contributed by atoms with E-state index in [1.807, 2.05) is 43.3 Å². The molecule has 5 rings (SSSR count). The number of halogens is 1. The van der Waals surface area contributed by atoms with E-state index in [0.717, 1.165) is 27.1 Å². The molecule has 9 heteroatoms. The third kappa shape index (κ3) is 6.59. The van der Waals surface area contributed by atoms with E-state index in [4.69, 9.17) is 4.74 Å². The Morgan fingerprint density at radius 2 is 1.76 bits per heavy atom. The first kappa shape index (κ1) is 27.5. The minimum absolute atomic E-state index is 0.000402. The van der Waals surface area contributed by atoms with Gasteiger partial charge in [-0.3, -0.25) is 14.9 Å². The van der Waals surface area contributed by atoms with Gasteiger partial charge in [0.2, 0.25) is 0 Å². The average Bonchev–Trinajstić information content (AvgIpc) is 3.38. The third-order valence-corrected chi connectivity index (χ3v) is 6.88. The van der Waals surface area contributed by atoms with E-state index in [1.54, 1.807) is 36.4 Å². The molecule has 1 aromatic heterocycles. The summed E-state index contributed by atoms with van der Waals surface area (Å²) in [5.74, 6) is 0.160.